The molecule has 0 radical (unpaired) electrons. The second-order valence-electron chi connectivity index (χ2n) is 12.4. The molecule has 4 bridgehead atoms. The number of benzene rings is 2. The van der Waals surface area contributed by atoms with Crippen molar-refractivity contribution in [3.63, 3.8) is 0 Å². The standard InChI is InChI=1S/C33H38.Zr/c1-22-7-12-30(32-18-24(17-31(22)32)13-23-5-3-2-4-6-23)28-8-10-29(11-9-28)33-19-25-14-26(20-33)16-27(15-25)21-33;/h7-13,17-18,23,25-27H,2-6,14-16,19-21H2,1H3;. The van der Waals surface area contributed by atoms with Gasteiger partial charge in [-0.05, 0) is 138 Å². The smallest absolute Gasteiger partial charge is 0 e. The van der Waals surface area contributed by atoms with Gasteiger partial charge in [0.15, 0.2) is 0 Å². The molecule has 0 aromatic heterocycles. The summed E-state index contributed by atoms with van der Waals surface area (Å²) in [5, 5.41) is 2.89. The molecule has 5 fully saturated rings. The van der Waals surface area contributed by atoms with E-state index in [-0.39, 0.29) is 26.2 Å². The Morgan fingerprint density at radius 1 is 0.735 bits per heavy atom. The molecule has 2 aromatic carbocycles. The van der Waals surface area contributed by atoms with Crippen molar-refractivity contribution in [3.8, 4) is 11.1 Å². The molecule has 2 aromatic rings. The van der Waals surface area contributed by atoms with E-state index in [1.54, 1.807) is 5.56 Å². The van der Waals surface area contributed by atoms with Gasteiger partial charge in [-0.1, -0.05) is 61.7 Å². The van der Waals surface area contributed by atoms with Crippen LogP contribution in [0.15, 0.2) is 48.0 Å². The summed E-state index contributed by atoms with van der Waals surface area (Å²) in [6, 6.07) is 14.6. The van der Waals surface area contributed by atoms with Crippen LogP contribution in [0.3, 0.4) is 0 Å². The predicted octanol–water partition coefficient (Wildman–Crippen LogP) is 7.21. The quantitative estimate of drug-likeness (QED) is 0.397. The molecule has 6 aliphatic rings. The fourth-order valence-corrected chi connectivity index (χ4v) is 8.86. The average Bonchev–Trinajstić information content (AvgIpc) is 3.24. The van der Waals surface area contributed by atoms with Crippen molar-refractivity contribution in [2.75, 3.05) is 0 Å². The largest absolute Gasteiger partial charge is 0.0741 e. The molecule has 0 saturated heterocycles. The Hall–Kier alpha value is -1.20. The number of fused-ring (bicyclic) bond motifs is 1. The van der Waals surface area contributed by atoms with Crippen molar-refractivity contribution in [1.29, 1.82) is 0 Å². The zero-order valence-corrected chi connectivity index (χ0v) is 23.2. The van der Waals surface area contributed by atoms with Crippen molar-refractivity contribution in [2.24, 2.45) is 23.7 Å². The molecule has 5 saturated carbocycles. The molecular formula is C33H38Zr. The van der Waals surface area contributed by atoms with E-state index >= 15 is 0 Å². The van der Waals surface area contributed by atoms with Crippen LogP contribution in [-0.2, 0) is 31.6 Å². The van der Waals surface area contributed by atoms with Crippen LogP contribution >= 0.6 is 0 Å². The Kier molecular flexibility index (Phi) is 6.17. The van der Waals surface area contributed by atoms with Gasteiger partial charge in [-0.2, -0.15) is 0 Å². The number of aryl methyl sites for hydroxylation is 1. The summed E-state index contributed by atoms with van der Waals surface area (Å²) in [5.41, 5.74) is 7.79. The van der Waals surface area contributed by atoms with Gasteiger partial charge in [0.05, 0.1) is 0 Å². The molecule has 0 atom stereocenters. The van der Waals surface area contributed by atoms with E-state index in [0.29, 0.717) is 5.41 Å². The molecule has 8 rings (SSSR count). The SMILES string of the molecule is Cc1ccc(-c2ccc(C34CC5CC(CC(C5)C3)C4)cc2)c2c1=CC(=CC1CCCCC1)C=2.[Zr]. The molecule has 0 spiro atoms. The van der Waals surface area contributed by atoms with E-state index in [0.717, 1.165) is 23.7 Å². The molecule has 0 nitrogen and oxygen atoms in total. The van der Waals surface area contributed by atoms with E-state index in [1.165, 1.54) is 103 Å². The second kappa shape index (κ2) is 9.03. The minimum absolute atomic E-state index is 0. The van der Waals surface area contributed by atoms with Gasteiger partial charge >= 0.3 is 0 Å². The first kappa shape index (κ1) is 23.2. The van der Waals surface area contributed by atoms with Crippen LogP contribution in [0.2, 0.25) is 0 Å². The third kappa shape index (κ3) is 3.99. The van der Waals surface area contributed by atoms with Crippen molar-refractivity contribution < 1.29 is 26.2 Å². The summed E-state index contributed by atoms with van der Waals surface area (Å²) in [4.78, 5) is 0. The molecule has 1 heteroatoms. The van der Waals surface area contributed by atoms with E-state index in [9.17, 15) is 0 Å². The fourth-order valence-electron chi connectivity index (χ4n) is 8.86. The Labute approximate surface area is 224 Å². The Bertz CT molecular complexity index is 1190. The third-order valence-electron chi connectivity index (χ3n) is 10.1. The number of allylic oxidation sites excluding steroid dienone is 2. The molecule has 0 unspecified atom stereocenters. The predicted molar refractivity (Wildman–Crippen MR) is 139 cm³/mol. The Morgan fingerprint density at radius 3 is 2.00 bits per heavy atom. The van der Waals surface area contributed by atoms with Crippen LogP contribution in [0.1, 0.15) is 81.8 Å². The molecule has 0 N–H and O–H groups in total. The molecule has 0 amide bonds. The summed E-state index contributed by atoms with van der Waals surface area (Å²) >= 11 is 0. The molecule has 0 aliphatic heterocycles. The van der Waals surface area contributed by atoms with Gasteiger partial charge in [-0.3, -0.25) is 0 Å². The van der Waals surface area contributed by atoms with Crippen molar-refractivity contribution >= 4 is 12.2 Å². The zero-order chi connectivity index (χ0) is 22.0. The van der Waals surface area contributed by atoms with Crippen molar-refractivity contribution in [1.82, 2.24) is 0 Å². The van der Waals surface area contributed by atoms with Gasteiger partial charge in [-0.25, -0.2) is 0 Å². The van der Waals surface area contributed by atoms with Crippen LogP contribution < -0.4 is 10.4 Å². The van der Waals surface area contributed by atoms with Gasteiger partial charge in [0.2, 0.25) is 0 Å². The van der Waals surface area contributed by atoms with Gasteiger partial charge in [0.1, 0.15) is 0 Å². The molecule has 6 aliphatic carbocycles. The van der Waals surface area contributed by atoms with E-state index in [2.05, 4.69) is 61.5 Å². The average molecular weight is 526 g/mol. The topological polar surface area (TPSA) is 0 Å². The van der Waals surface area contributed by atoms with E-state index in [1.807, 2.05) is 0 Å². The van der Waals surface area contributed by atoms with Gasteiger partial charge in [0.25, 0.3) is 0 Å². The van der Waals surface area contributed by atoms with Gasteiger partial charge < -0.3 is 0 Å². The summed E-state index contributed by atoms with van der Waals surface area (Å²) < 4.78 is 0. The van der Waals surface area contributed by atoms with Crippen LogP contribution in [0.5, 0.6) is 0 Å². The number of hydrogen-bond acceptors (Lipinski definition) is 0. The van der Waals surface area contributed by atoms with Crippen LogP contribution in [0.25, 0.3) is 23.3 Å². The summed E-state index contributed by atoms with van der Waals surface area (Å²) in [7, 11) is 0. The molecule has 34 heavy (non-hydrogen) atoms. The fraction of sp³-hybridized carbons (Fsp3) is 0.515. The molecule has 0 heterocycles. The molecule has 174 valence electrons. The Balaban J connectivity index is 0.00000217. The summed E-state index contributed by atoms with van der Waals surface area (Å²) in [5.74, 6) is 3.81. The zero-order valence-electron chi connectivity index (χ0n) is 20.8. The van der Waals surface area contributed by atoms with E-state index in [4.69, 9.17) is 0 Å². The normalized spacial score (nSPS) is 32.7. The van der Waals surface area contributed by atoms with Crippen LogP contribution in [-0.4, -0.2) is 0 Å². The van der Waals surface area contributed by atoms with Gasteiger partial charge in [0, 0.05) is 26.2 Å². The first-order valence-electron chi connectivity index (χ1n) is 13.8. The summed E-state index contributed by atoms with van der Waals surface area (Å²) in [6.07, 6.45) is 23.4. The summed E-state index contributed by atoms with van der Waals surface area (Å²) in [6.45, 7) is 2.27. The maximum atomic E-state index is 2.57. The first-order valence-corrected chi connectivity index (χ1v) is 13.8. The first-order chi connectivity index (χ1) is 16.1. The van der Waals surface area contributed by atoms with Crippen molar-refractivity contribution in [2.45, 2.75) is 83.0 Å². The van der Waals surface area contributed by atoms with Crippen LogP contribution in [0.4, 0.5) is 0 Å². The van der Waals surface area contributed by atoms with Crippen molar-refractivity contribution in [3.05, 3.63) is 69.6 Å². The number of rotatable bonds is 3. The minimum atomic E-state index is 0. The maximum absolute atomic E-state index is 2.57. The van der Waals surface area contributed by atoms with Crippen LogP contribution in [0, 0.1) is 30.6 Å². The number of hydrogen-bond donors (Lipinski definition) is 0. The monoisotopic (exact) mass is 524 g/mol. The van der Waals surface area contributed by atoms with Gasteiger partial charge in [-0.15, -0.1) is 0 Å². The molecular weight excluding hydrogens is 488 g/mol. The maximum Gasteiger partial charge on any atom is 0 e. The second-order valence-corrected chi connectivity index (χ2v) is 12.4. The Morgan fingerprint density at radius 2 is 1.35 bits per heavy atom. The minimum Gasteiger partial charge on any atom is -0.0741 e. The third-order valence-corrected chi connectivity index (χ3v) is 10.1. The van der Waals surface area contributed by atoms with E-state index < -0.39 is 0 Å².